The minimum atomic E-state index is -4.87. The summed E-state index contributed by atoms with van der Waals surface area (Å²) in [6.07, 6.45) is -5.37. The summed E-state index contributed by atoms with van der Waals surface area (Å²) in [5, 5.41) is 7.11. The van der Waals surface area contributed by atoms with Gasteiger partial charge in [0.2, 0.25) is 35.8 Å². The molecule has 4 aromatic heterocycles. The standard InChI is InChI=1S/C16H14F4N4O3S.C16H19F2N3O3S.C14H13ClF4N4O3S/c1-9(16(18,19)20)23-28(26,27)11-7-14(24(3)8-11)15(25)22-10-4-5-12(17)13(6-10)21-2;1-16(2,3)20-25(23,24)11-8-14(21(4)9-11)15(22)19-10-5-6-12(17)13(18)7-10;1-7(14(17,18)19)22-27(25,26)9-6-23(2)12(11(9)16)13(24)21-8-3-4-20-10(15)5-8/h4-9,23H,1,3H3,(H,22,25);5-9,20H,1-4H3,(H,19,22);3-7,22H,1-2H3,(H,20,21,24)/t9-;;7-/m0.1/s1. The van der Waals surface area contributed by atoms with Crippen LogP contribution in [0, 0.1) is 29.8 Å². The molecule has 6 aromatic rings. The molecule has 434 valence electrons. The average molecular weight is 1220 g/mol. The van der Waals surface area contributed by atoms with Gasteiger partial charge in [-0.15, -0.1) is 0 Å². The van der Waals surface area contributed by atoms with Gasteiger partial charge in [-0.3, -0.25) is 14.4 Å². The summed E-state index contributed by atoms with van der Waals surface area (Å²) in [6, 6.07) is 6.18. The van der Waals surface area contributed by atoms with Gasteiger partial charge < -0.3 is 29.7 Å². The van der Waals surface area contributed by atoms with E-state index in [2.05, 4.69) is 30.5 Å². The quantitative estimate of drug-likeness (QED) is 0.0344. The monoisotopic (exact) mass is 1220 g/mol. The number of nitrogens with zero attached hydrogens (tertiary/aromatic N) is 5. The number of amides is 3. The molecule has 0 spiro atoms. The zero-order valence-corrected chi connectivity index (χ0v) is 45.7. The van der Waals surface area contributed by atoms with E-state index in [1.54, 1.807) is 20.8 Å². The van der Waals surface area contributed by atoms with Crippen molar-refractivity contribution in [2.75, 3.05) is 16.0 Å². The van der Waals surface area contributed by atoms with Crippen LogP contribution in [0.1, 0.15) is 66.1 Å². The first kappa shape index (κ1) is 65.2. The zero-order valence-electron chi connectivity index (χ0n) is 42.5. The van der Waals surface area contributed by atoms with Crippen LogP contribution in [0.25, 0.3) is 4.85 Å². The second-order valence-electron chi connectivity index (χ2n) is 17.9. The number of anilines is 3. The number of alkyl halides is 6. The van der Waals surface area contributed by atoms with Crippen LogP contribution >= 0.6 is 11.6 Å². The molecule has 34 heteroatoms. The Hall–Kier alpha value is -7.35. The molecule has 0 aliphatic rings. The first-order valence-corrected chi connectivity index (χ1v) is 27.0. The number of carbonyl (C=O) groups is 3. The summed E-state index contributed by atoms with van der Waals surface area (Å²) in [6.45, 7) is 13.2. The van der Waals surface area contributed by atoms with Crippen LogP contribution in [0.15, 0.2) is 100 Å². The zero-order chi connectivity index (χ0) is 60.8. The Labute approximate surface area is 455 Å². The van der Waals surface area contributed by atoms with E-state index < -0.39 is 117 Å². The third-order valence-electron chi connectivity index (χ3n) is 10.2. The van der Waals surface area contributed by atoms with Crippen molar-refractivity contribution in [3.63, 3.8) is 0 Å². The van der Waals surface area contributed by atoms with Crippen LogP contribution in [0.2, 0.25) is 5.15 Å². The normalized spacial score (nSPS) is 12.9. The van der Waals surface area contributed by atoms with Crippen molar-refractivity contribution in [1.29, 1.82) is 0 Å². The number of nitrogens with one attached hydrogen (secondary N) is 6. The molecule has 2 atom stereocenters. The van der Waals surface area contributed by atoms with Gasteiger partial charge in [0.1, 0.15) is 54.8 Å². The van der Waals surface area contributed by atoms with E-state index in [1.165, 1.54) is 77.9 Å². The highest BCUT2D eigenvalue weighted by Crippen LogP contribution is 2.28. The molecule has 0 aliphatic heterocycles. The number of pyridine rings is 1. The Morgan fingerprint density at radius 1 is 0.600 bits per heavy atom. The third-order valence-corrected chi connectivity index (χ3v) is 15.2. The molecule has 0 radical (unpaired) electrons. The minimum absolute atomic E-state index is 0.0498. The van der Waals surface area contributed by atoms with E-state index in [4.69, 9.17) is 18.2 Å². The molecule has 0 aliphatic carbocycles. The fourth-order valence-electron chi connectivity index (χ4n) is 6.33. The summed E-state index contributed by atoms with van der Waals surface area (Å²) in [5.74, 6) is -6.85. The number of hydrogen-bond donors (Lipinski definition) is 6. The molecular weight excluding hydrogens is 1170 g/mol. The molecule has 0 unspecified atom stereocenters. The van der Waals surface area contributed by atoms with Crippen molar-refractivity contribution in [1.82, 2.24) is 32.9 Å². The molecule has 6 N–H and O–H groups in total. The topological polar surface area (TPSA) is 258 Å². The molecule has 0 bridgehead atoms. The molecule has 20 nitrogen and oxygen atoms in total. The minimum Gasteiger partial charge on any atom is -0.345 e. The van der Waals surface area contributed by atoms with Crippen molar-refractivity contribution in [2.45, 2.75) is 79.3 Å². The summed E-state index contributed by atoms with van der Waals surface area (Å²) in [7, 11) is -9.18. The van der Waals surface area contributed by atoms with Gasteiger partial charge in [-0.05, 0) is 89.2 Å². The Morgan fingerprint density at radius 2 is 1.05 bits per heavy atom. The summed E-state index contributed by atoms with van der Waals surface area (Å²) < 4.78 is 211. The van der Waals surface area contributed by atoms with E-state index in [1.807, 2.05) is 0 Å². The number of hydrogen-bond acceptors (Lipinski definition) is 10. The maximum Gasteiger partial charge on any atom is 0.404 e. The molecule has 3 amide bonds. The van der Waals surface area contributed by atoms with Crippen LogP contribution in [0.3, 0.4) is 0 Å². The second kappa shape index (κ2) is 25.0. The van der Waals surface area contributed by atoms with Gasteiger partial charge in [-0.1, -0.05) is 11.6 Å². The van der Waals surface area contributed by atoms with Crippen LogP contribution in [-0.2, 0) is 51.2 Å². The predicted molar refractivity (Wildman–Crippen MR) is 270 cm³/mol. The summed E-state index contributed by atoms with van der Waals surface area (Å²) in [5.41, 5.74) is -1.50. The van der Waals surface area contributed by atoms with Crippen molar-refractivity contribution < 1.29 is 83.5 Å². The van der Waals surface area contributed by atoms with E-state index in [0.29, 0.717) is 20.0 Å². The third kappa shape index (κ3) is 17.3. The first-order chi connectivity index (χ1) is 36.6. The van der Waals surface area contributed by atoms with Crippen LogP contribution < -0.4 is 30.1 Å². The van der Waals surface area contributed by atoms with Crippen molar-refractivity contribution in [3.8, 4) is 0 Å². The molecule has 6 rings (SSSR count). The van der Waals surface area contributed by atoms with Crippen LogP contribution in [-0.4, -0.2) is 91.6 Å². The lowest BCUT2D eigenvalue weighted by molar-refractivity contribution is -0.147. The number of aromatic nitrogens is 4. The van der Waals surface area contributed by atoms with E-state index in [0.717, 1.165) is 45.7 Å². The molecule has 80 heavy (non-hydrogen) atoms. The van der Waals surface area contributed by atoms with Gasteiger partial charge in [0.25, 0.3) is 17.7 Å². The average Bonchev–Trinajstić information content (AvgIpc) is 4.01. The van der Waals surface area contributed by atoms with E-state index >= 15 is 0 Å². The SMILES string of the molecule is C[C@@H](NS(=O)(=O)c1cn(C)c(C(=O)Nc2ccnc(Cl)c2)c1F)C(F)(F)F.Cn1cc(S(=O)(=O)NC(C)(C)C)cc1C(=O)Nc1ccc(F)c(F)c1.[C-]#[N+]c1cc(NC(=O)c2cc(S(=O)(=O)N[C@@H](C)C(F)(F)F)cn2C)ccc1F. The lowest BCUT2D eigenvalue weighted by Gasteiger charge is -2.19. The molecule has 0 fully saturated rings. The van der Waals surface area contributed by atoms with Gasteiger partial charge in [-0.2, -0.15) is 35.8 Å². The number of sulfonamides is 3. The molecular formula is C46H46ClF10N11O9S3. The lowest BCUT2D eigenvalue weighted by Crippen LogP contribution is -2.43. The Morgan fingerprint density at radius 3 is 1.51 bits per heavy atom. The van der Waals surface area contributed by atoms with Gasteiger partial charge in [0.05, 0.1) is 6.57 Å². The van der Waals surface area contributed by atoms with Crippen LogP contribution in [0.4, 0.5) is 66.7 Å². The summed E-state index contributed by atoms with van der Waals surface area (Å²) >= 11 is 5.66. The number of aryl methyl sites for hydroxylation is 3. The van der Waals surface area contributed by atoms with Crippen LogP contribution in [0.5, 0.6) is 0 Å². The lowest BCUT2D eigenvalue weighted by atomic mass is 10.1. The largest absolute Gasteiger partial charge is 0.404 e. The Kier molecular flexibility index (Phi) is 20.4. The smallest absolute Gasteiger partial charge is 0.345 e. The number of halogens is 11. The molecule has 4 heterocycles. The van der Waals surface area contributed by atoms with Gasteiger partial charge >= 0.3 is 12.4 Å². The van der Waals surface area contributed by atoms with E-state index in [9.17, 15) is 83.5 Å². The van der Waals surface area contributed by atoms with Gasteiger partial charge in [-0.25, -0.2) is 57.4 Å². The van der Waals surface area contributed by atoms with Gasteiger partial charge in [0.15, 0.2) is 17.5 Å². The highest BCUT2D eigenvalue weighted by molar-refractivity contribution is 7.90. The van der Waals surface area contributed by atoms with Crippen molar-refractivity contribution >= 4 is 82.1 Å². The van der Waals surface area contributed by atoms with E-state index in [-0.39, 0.29) is 44.2 Å². The second-order valence-corrected chi connectivity index (χ2v) is 23.3. The highest BCUT2D eigenvalue weighted by atomic mass is 35.5. The number of benzene rings is 2. The molecule has 2 aromatic carbocycles. The fourth-order valence-corrected chi connectivity index (χ4v) is 10.6. The predicted octanol–water partition coefficient (Wildman–Crippen LogP) is 8.52. The summed E-state index contributed by atoms with van der Waals surface area (Å²) in [4.78, 5) is 41.9. The molecule has 0 saturated heterocycles. The molecule has 0 saturated carbocycles. The maximum atomic E-state index is 14.5. The van der Waals surface area contributed by atoms with Crippen molar-refractivity contribution in [3.05, 3.63) is 142 Å². The first-order valence-electron chi connectivity index (χ1n) is 22.1. The van der Waals surface area contributed by atoms with Crippen molar-refractivity contribution in [2.24, 2.45) is 21.1 Å². The highest BCUT2D eigenvalue weighted by Gasteiger charge is 2.41. The number of carbonyl (C=O) groups excluding carboxylic acids is 3. The number of rotatable bonds is 14. The Balaban J connectivity index is 0.000000259. The Bertz CT molecular complexity index is 3710. The fraction of sp³-hybridized carbons (Fsp3) is 0.283. The maximum absolute atomic E-state index is 14.5. The van der Waals surface area contributed by atoms with Gasteiger partial charge in [0, 0.05) is 74.6 Å².